The van der Waals surface area contributed by atoms with E-state index >= 15 is 0 Å². The van der Waals surface area contributed by atoms with Crippen LogP contribution < -0.4 is 11.1 Å². The summed E-state index contributed by atoms with van der Waals surface area (Å²) in [5.74, 6) is -1.83. The number of methoxy groups -OCH3 is 1. The maximum atomic E-state index is 13.2. The summed E-state index contributed by atoms with van der Waals surface area (Å²) in [5, 5.41) is 2.72. The zero-order valence-electron chi connectivity index (χ0n) is 15.9. The molecule has 1 amide bonds. The van der Waals surface area contributed by atoms with Gasteiger partial charge in [-0.2, -0.15) is 0 Å². The first kappa shape index (κ1) is 21.6. The molecule has 0 spiro atoms. The highest BCUT2D eigenvalue weighted by molar-refractivity contribution is 5.99. The number of nitrogens with two attached hydrogens (primary N) is 1. The van der Waals surface area contributed by atoms with Crippen LogP contribution in [0, 0.1) is 11.8 Å². The largest absolute Gasteiger partial charge is 0.469 e. The van der Waals surface area contributed by atoms with E-state index in [0.29, 0.717) is 19.4 Å². The van der Waals surface area contributed by atoms with Crippen LogP contribution in [0.2, 0.25) is 0 Å². The Kier molecular flexibility index (Phi) is 9.11. The van der Waals surface area contributed by atoms with Gasteiger partial charge in [-0.25, -0.2) is 0 Å². The zero-order valence-corrected chi connectivity index (χ0v) is 15.9. The highest BCUT2D eigenvalue weighted by Crippen LogP contribution is 2.32. The topological polar surface area (TPSA) is 98.5 Å². The van der Waals surface area contributed by atoms with E-state index < -0.39 is 17.4 Å². The van der Waals surface area contributed by atoms with Crippen molar-refractivity contribution in [1.29, 1.82) is 0 Å². The summed E-state index contributed by atoms with van der Waals surface area (Å²) in [4.78, 5) is 37.2. The van der Waals surface area contributed by atoms with Gasteiger partial charge < -0.3 is 15.8 Å². The fraction of sp³-hybridized carbons (Fsp3) is 0.842. The number of ether oxygens (including phenoxy) is 1. The molecule has 0 aliphatic carbocycles. The molecule has 0 saturated carbocycles. The van der Waals surface area contributed by atoms with Gasteiger partial charge in [0.05, 0.1) is 25.0 Å². The van der Waals surface area contributed by atoms with Gasteiger partial charge in [0.2, 0.25) is 5.91 Å². The molecule has 0 bridgehead atoms. The van der Waals surface area contributed by atoms with Crippen LogP contribution in [0.3, 0.4) is 0 Å². The number of nitrogens with one attached hydrogen (secondary N) is 1. The summed E-state index contributed by atoms with van der Waals surface area (Å²) in [6.45, 7) is 4.62. The molecular formula is C19H34N2O4. The minimum atomic E-state index is -1.47. The molecular weight excluding hydrogens is 320 g/mol. The molecule has 0 aromatic carbocycles. The number of hydrogen-bond donors (Lipinski definition) is 2. The van der Waals surface area contributed by atoms with E-state index in [1.54, 1.807) is 0 Å². The van der Waals surface area contributed by atoms with Crippen LogP contribution in [-0.4, -0.2) is 36.9 Å². The van der Waals surface area contributed by atoms with Crippen molar-refractivity contribution in [2.75, 3.05) is 13.7 Å². The highest BCUT2D eigenvalue weighted by atomic mass is 16.5. The molecule has 1 aliphatic rings. The van der Waals surface area contributed by atoms with Crippen molar-refractivity contribution in [2.24, 2.45) is 17.6 Å². The molecule has 2 unspecified atom stereocenters. The van der Waals surface area contributed by atoms with Crippen molar-refractivity contribution in [3.05, 3.63) is 0 Å². The number of ketones is 1. The molecule has 25 heavy (non-hydrogen) atoms. The van der Waals surface area contributed by atoms with Gasteiger partial charge in [-0.05, 0) is 19.3 Å². The van der Waals surface area contributed by atoms with Crippen LogP contribution in [0.1, 0.15) is 71.6 Å². The number of esters is 1. The second-order valence-corrected chi connectivity index (χ2v) is 7.10. The van der Waals surface area contributed by atoms with Gasteiger partial charge >= 0.3 is 5.97 Å². The third kappa shape index (κ3) is 5.80. The fourth-order valence-corrected chi connectivity index (χ4v) is 3.67. The molecule has 1 fully saturated rings. The monoisotopic (exact) mass is 354 g/mol. The molecule has 0 aromatic heterocycles. The Morgan fingerprint density at radius 3 is 2.48 bits per heavy atom. The van der Waals surface area contributed by atoms with E-state index in [0.717, 1.165) is 19.3 Å². The van der Waals surface area contributed by atoms with E-state index in [2.05, 4.69) is 12.2 Å². The van der Waals surface area contributed by atoms with E-state index in [1.807, 2.05) is 6.92 Å². The Hall–Kier alpha value is -1.43. The van der Waals surface area contributed by atoms with Crippen molar-refractivity contribution in [1.82, 2.24) is 5.32 Å². The van der Waals surface area contributed by atoms with Gasteiger partial charge in [0.1, 0.15) is 0 Å². The first-order chi connectivity index (χ1) is 11.9. The summed E-state index contributed by atoms with van der Waals surface area (Å²) < 4.78 is 4.73. The lowest BCUT2D eigenvalue weighted by molar-refractivity contribution is -0.148. The number of carbonyl (C=O) groups is 3. The average Bonchev–Trinajstić information content (AvgIpc) is 3.04. The van der Waals surface area contributed by atoms with Crippen molar-refractivity contribution < 1.29 is 19.1 Å². The summed E-state index contributed by atoms with van der Waals surface area (Å²) in [7, 11) is 1.27. The van der Waals surface area contributed by atoms with Crippen LogP contribution in [0.4, 0.5) is 0 Å². The zero-order chi connectivity index (χ0) is 18.9. The Balaban J connectivity index is 2.85. The molecule has 1 saturated heterocycles. The molecule has 0 aromatic rings. The third-order valence-electron chi connectivity index (χ3n) is 5.31. The lowest BCUT2D eigenvalue weighted by atomic mass is 9.72. The summed E-state index contributed by atoms with van der Waals surface area (Å²) in [6.07, 6.45) is 7.27. The Morgan fingerprint density at radius 2 is 1.96 bits per heavy atom. The van der Waals surface area contributed by atoms with Gasteiger partial charge in [-0.15, -0.1) is 0 Å². The molecule has 0 radical (unpaired) electrons. The Labute approximate surface area is 151 Å². The second kappa shape index (κ2) is 10.5. The van der Waals surface area contributed by atoms with Gasteiger partial charge in [-0.3, -0.25) is 14.4 Å². The predicted molar refractivity (Wildman–Crippen MR) is 96.8 cm³/mol. The molecule has 3 atom stereocenters. The average molecular weight is 354 g/mol. The lowest BCUT2D eigenvalue weighted by Gasteiger charge is -2.34. The van der Waals surface area contributed by atoms with Crippen LogP contribution in [0.15, 0.2) is 0 Å². The Morgan fingerprint density at radius 1 is 1.28 bits per heavy atom. The molecule has 1 rings (SSSR count). The standard InChI is InChI=1S/C19H34N2O4/c1-4-6-7-8-9-10-14(5-2)17(23)19(20,13-16(22)25-3)15-11-12-21-18(15)24/h14-15H,4-13,20H2,1-3H3,(H,21,24)/t14?,15-,19?/m1/s1. The van der Waals surface area contributed by atoms with Crippen LogP contribution in [0.25, 0.3) is 0 Å². The second-order valence-electron chi connectivity index (χ2n) is 7.10. The number of Topliss-reactive ketones (excluding diaryl/α,β-unsaturated/α-hetero) is 1. The lowest BCUT2D eigenvalue weighted by Crippen LogP contribution is -2.59. The number of hydrogen-bond acceptors (Lipinski definition) is 5. The van der Waals surface area contributed by atoms with Gasteiger partial charge in [0.15, 0.2) is 5.78 Å². The molecule has 1 heterocycles. The minimum absolute atomic E-state index is 0.169. The van der Waals surface area contributed by atoms with Crippen LogP contribution in [-0.2, 0) is 19.1 Å². The quantitative estimate of drug-likeness (QED) is 0.414. The number of carbonyl (C=O) groups excluding carboxylic acids is 3. The normalized spacial score (nSPS) is 20.6. The summed E-state index contributed by atoms with van der Waals surface area (Å²) >= 11 is 0. The minimum Gasteiger partial charge on any atom is -0.469 e. The van der Waals surface area contributed by atoms with E-state index in [1.165, 1.54) is 26.4 Å². The molecule has 6 heteroatoms. The SMILES string of the molecule is CCCCCCCC(CC)C(=O)C(N)(CC(=O)OC)[C@@H]1CCNC1=O. The molecule has 6 nitrogen and oxygen atoms in total. The number of unbranched alkanes of at least 4 members (excludes halogenated alkanes) is 4. The summed E-state index contributed by atoms with van der Waals surface area (Å²) in [6, 6.07) is 0. The fourth-order valence-electron chi connectivity index (χ4n) is 3.67. The maximum Gasteiger partial charge on any atom is 0.307 e. The van der Waals surface area contributed by atoms with E-state index in [4.69, 9.17) is 10.5 Å². The number of rotatable bonds is 12. The molecule has 1 aliphatic heterocycles. The van der Waals surface area contributed by atoms with E-state index in [-0.39, 0.29) is 24.0 Å². The van der Waals surface area contributed by atoms with Gasteiger partial charge in [-0.1, -0.05) is 46.0 Å². The van der Waals surface area contributed by atoms with Crippen molar-refractivity contribution >= 4 is 17.7 Å². The van der Waals surface area contributed by atoms with Gasteiger partial charge in [0.25, 0.3) is 0 Å². The summed E-state index contributed by atoms with van der Waals surface area (Å²) in [5.41, 5.74) is 4.96. The maximum absolute atomic E-state index is 13.2. The number of amides is 1. The van der Waals surface area contributed by atoms with Crippen molar-refractivity contribution in [3.8, 4) is 0 Å². The van der Waals surface area contributed by atoms with E-state index in [9.17, 15) is 14.4 Å². The van der Waals surface area contributed by atoms with Crippen LogP contribution in [0.5, 0.6) is 0 Å². The molecule has 3 N–H and O–H groups in total. The van der Waals surface area contributed by atoms with Crippen molar-refractivity contribution in [2.45, 2.75) is 77.2 Å². The van der Waals surface area contributed by atoms with Gasteiger partial charge in [0, 0.05) is 12.5 Å². The predicted octanol–water partition coefficient (Wildman–Crippen LogP) is 2.34. The first-order valence-electron chi connectivity index (χ1n) is 9.58. The van der Waals surface area contributed by atoms with Crippen LogP contribution >= 0.6 is 0 Å². The molecule has 144 valence electrons. The smallest absolute Gasteiger partial charge is 0.307 e. The Bertz CT molecular complexity index is 466. The third-order valence-corrected chi connectivity index (χ3v) is 5.31. The van der Waals surface area contributed by atoms with Crippen molar-refractivity contribution in [3.63, 3.8) is 0 Å². The highest BCUT2D eigenvalue weighted by Gasteiger charge is 2.50. The first-order valence-corrected chi connectivity index (χ1v) is 9.58.